The molecule has 0 fully saturated rings. The average Bonchev–Trinajstić information content (AvgIpc) is 2.55. The Morgan fingerprint density at radius 2 is 2.04 bits per heavy atom. The topological polar surface area (TPSA) is 65.8 Å². The fraction of sp³-hybridized carbons (Fsp3) is 0.278. The minimum Gasteiger partial charge on any atom is -0.324 e. The van der Waals surface area contributed by atoms with E-state index in [0.29, 0.717) is 16.3 Å². The number of nitrogens with zero attached hydrogens (tertiary/aromatic N) is 2. The largest absolute Gasteiger partial charge is 0.324 e. The molecule has 1 heterocycles. The lowest BCUT2D eigenvalue weighted by atomic mass is 10.1. The van der Waals surface area contributed by atoms with Gasteiger partial charge in [0, 0.05) is 5.69 Å². The number of carbonyl (C=O) groups excluding carboxylic acids is 1. The Balaban J connectivity index is 2.21. The lowest BCUT2D eigenvalue weighted by Crippen LogP contribution is -2.23. The highest BCUT2D eigenvalue weighted by Crippen LogP contribution is 2.30. The maximum absolute atomic E-state index is 13.1. The first-order valence-corrected chi connectivity index (χ1v) is 8.80. The maximum Gasteiger partial charge on any atom is 0.237 e. The highest BCUT2D eigenvalue weighted by Gasteiger charge is 2.20. The van der Waals surface area contributed by atoms with Crippen molar-refractivity contribution in [2.75, 3.05) is 5.32 Å². The van der Waals surface area contributed by atoms with Gasteiger partial charge in [0.15, 0.2) is 0 Å². The van der Waals surface area contributed by atoms with E-state index in [9.17, 15) is 14.4 Å². The zero-order valence-electron chi connectivity index (χ0n) is 14.3. The van der Waals surface area contributed by atoms with E-state index in [1.54, 1.807) is 6.92 Å². The van der Waals surface area contributed by atoms with Crippen LogP contribution in [0.1, 0.15) is 29.3 Å². The van der Waals surface area contributed by atoms with Crippen molar-refractivity contribution in [2.24, 2.45) is 0 Å². The van der Waals surface area contributed by atoms with E-state index in [1.807, 2.05) is 20.8 Å². The molecular weight excluding hydrogens is 361 g/mol. The number of amides is 1. The van der Waals surface area contributed by atoms with E-state index in [0.717, 1.165) is 22.9 Å². The number of nitriles is 1. The molecule has 0 spiro atoms. The fourth-order valence-electron chi connectivity index (χ4n) is 2.17. The minimum absolute atomic E-state index is 0.128. The first-order chi connectivity index (χ1) is 11.7. The Morgan fingerprint density at radius 1 is 1.36 bits per heavy atom. The summed E-state index contributed by atoms with van der Waals surface area (Å²) in [5, 5.41) is 12.2. The van der Waals surface area contributed by atoms with Gasteiger partial charge < -0.3 is 5.32 Å². The Labute approximate surface area is 155 Å². The molecule has 25 heavy (non-hydrogen) atoms. The number of aryl methyl sites for hydroxylation is 1. The van der Waals surface area contributed by atoms with Crippen molar-refractivity contribution in [3.63, 3.8) is 0 Å². The van der Waals surface area contributed by atoms with Gasteiger partial charge in [-0.3, -0.25) is 4.79 Å². The molecule has 0 bridgehead atoms. The molecule has 1 atom stereocenters. The van der Waals surface area contributed by atoms with E-state index < -0.39 is 11.1 Å². The summed E-state index contributed by atoms with van der Waals surface area (Å²) in [4.78, 5) is 16.8. The van der Waals surface area contributed by atoms with E-state index in [2.05, 4.69) is 16.4 Å². The average molecular weight is 378 g/mol. The van der Waals surface area contributed by atoms with E-state index in [1.165, 1.54) is 23.9 Å². The van der Waals surface area contributed by atoms with E-state index in [-0.39, 0.29) is 10.9 Å². The highest BCUT2D eigenvalue weighted by molar-refractivity contribution is 8.00. The van der Waals surface area contributed by atoms with E-state index >= 15 is 0 Å². The molecule has 7 heteroatoms. The van der Waals surface area contributed by atoms with Gasteiger partial charge in [-0.1, -0.05) is 23.4 Å². The van der Waals surface area contributed by atoms with Crippen LogP contribution in [0.5, 0.6) is 0 Å². The molecule has 4 nitrogen and oxygen atoms in total. The molecule has 1 aromatic heterocycles. The SMILES string of the molecule is Cc1nc(S[C@H](C)C(=O)Nc2ccc(F)cc2Cl)c(C#N)c(C)c1C. The number of benzene rings is 1. The van der Waals surface area contributed by atoms with Crippen molar-refractivity contribution in [1.29, 1.82) is 5.26 Å². The first kappa shape index (κ1) is 19.2. The normalized spacial score (nSPS) is 11.7. The Morgan fingerprint density at radius 3 is 2.64 bits per heavy atom. The van der Waals surface area contributed by atoms with Crippen molar-refractivity contribution in [3.8, 4) is 6.07 Å². The monoisotopic (exact) mass is 377 g/mol. The number of rotatable bonds is 4. The summed E-state index contributed by atoms with van der Waals surface area (Å²) >= 11 is 7.13. The van der Waals surface area contributed by atoms with Crippen LogP contribution in [-0.4, -0.2) is 16.1 Å². The Hall–Kier alpha value is -2.10. The molecule has 2 aromatic rings. The molecular formula is C18H17ClFN3OS. The Kier molecular flexibility index (Phi) is 6.04. The van der Waals surface area contributed by atoms with Gasteiger partial charge in [-0.15, -0.1) is 0 Å². The molecule has 0 saturated carbocycles. The molecule has 130 valence electrons. The molecule has 0 aliphatic heterocycles. The predicted octanol–water partition coefficient (Wildman–Crippen LogP) is 4.79. The highest BCUT2D eigenvalue weighted by atomic mass is 35.5. The minimum atomic E-state index is -0.512. The standard InChI is InChI=1S/C18H17ClFN3OS/c1-9-10(2)14(8-21)18(22-11(9)3)25-12(4)17(24)23-16-6-5-13(20)7-15(16)19/h5-7,12H,1-4H3,(H,23,24)/t12-/m1/s1. The number of hydrogen-bond donors (Lipinski definition) is 1. The summed E-state index contributed by atoms with van der Waals surface area (Å²) in [6.45, 7) is 7.37. The second-order valence-electron chi connectivity index (χ2n) is 5.61. The lowest BCUT2D eigenvalue weighted by Gasteiger charge is -2.15. The van der Waals surface area contributed by atoms with Gasteiger partial charge in [-0.25, -0.2) is 9.37 Å². The van der Waals surface area contributed by atoms with Crippen molar-refractivity contribution in [1.82, 2.24) is 4.98 Å². The summed E-state index contributed by atoms with van der Waals surface area (Å²) in [7, 11) is 0. The second-order valence-corrected chi connectivity index (χ2v) is 7.35. The van der Waals surface area contributed by atoms with Crippen molar-refractivity contribution >= 4 is 35.0 Å². The maximum atomic E-state index is 13.1. The summed E-state index contributed by atoms with van der Waals surface area (Å²) in [5.74, 6) is -0.779. The number of anilines is 1. The zero-order valence-corrected chi connectivity index (χ0v) is 15.8. The third-order valence-corrected chi connectivity index (χ3v) is 5.32. The van der Waals surface area contributed by atoms with Crippen LogP contribution in [0.15, 0.2) is 23.2 Å². The van der Waals surface area contributed by atoms with Crippen LogP contribution in [0.25, 0.3) is 0 Å². The van der Waals surface area contributed by atoms with Crippen LogP contribution in [0.4, 0.5) is 10.1 Å². The van der Waals surface area contributed by atoms with Gasteiger partial charge in [0.05, 0.1) is 21.5 Å². The summed E-state index contributed by atoms with van der Waals surface area (Å²) < 4.78 is 13.1. The molecule has 0 aliphatic carbocycles. The zero-order chi connectivity index (χ0) is 18.7. The molecule has 0 unspecified atom stereocenters. The van der Waals surface area contributed by atoms with Crippen LogP contribution in [-0.2, 0) is 4.79 Å². The van der Waals surface area contributed by atoms with Crippen LogP contribution in [0.3, 0.4) is 0 Å². The number of carbonyl (C=O) groups is 1. The van der Waals surface area contributed by atoms with Crippen molar-refractivity contribution < 1.29 is 9.18 Å². The number of hydrogen-bond acceptors (Lipinski definition) is 4. The summed E-state index contributed by atoms with van der Waals surface area (Å²) in [6.07, 6.45) is 0. The molecule has 2 rings (SSSR count). The molecule has 0 radical (unpaired) electrons. The van der Waals surface area contributed by atoms with Gasteiger partial charge in [-0.2, -0.15) is 5.26 Å². The first-order valence-electron chi connectivity index (χ1n) is 7.55. The van der Waals surface area contributed by atoms with Gasteiger partial charge in [0.1, 0.15) is 16.9 Å². The summed E-state index contributed by atoms with van der Waals surface area (Å²) in [6, 6.07) is 5.93. The van der Waals surface area contributed by atoms with Gasteiger partial charge >= 0.3 is 0 Å². The third kappa shape index (κ3) is 4.30. The van der Waals surface area contributed by atoms with Crippen LogP contribution in [0.2, 0.25) is 5.02 Å². The number of nitrogens with one attached hydrogen (secondary N) is 1. The fourth-order valence-corrected chi connectivity index (χ4v) is 3.40. The van der Waals surface area contributed by atoms with Gasteiger partial charge in [0.25, 0.3) is 0 Å². The van der Waals surface area contributed by atoms with Gasteiger partial charge in [-0.05, 0) is 57.0 Å². The number of thioether (sulfide) groups is 1. The number of pyridine rings is 1. The predicted molar refractivity (Wildman–Crippen MR) is 98.5 cm³/mol. The van der Waals surface area contributed by atoms with Gasteiger partial charge in [0.2, 0.25) is 5.91 Å². The van der Waals surface area contributed by atoms with E-state index in [4.69, 9.17) is 11.6 Å². The molecule has 1 aromatic carbocycles. The number of halogens is 2. The molecule has 0 aliphatic rings. The van der Waals surface area contributed by atoms with Crippen LogP contribution < -0.4 is 5.32 Å². The quantitative estimate of drug-likeness (QED) is 0.778. The van der Waals surface area contributed by atoms with Crippen molar-refractivity contribution in [2.45, 2.75) is 38.0 Å². The summed E-state index contributed by atoms with van der Waals surface area (Å²) in [5.41, 5.74) is 3.48. The van der Waals surface area contributed by atoms with Crippen LogP contribution in [0, 0.1) is 37.9 Å². The second kappa shape index (κ2) is 7.85. The lowest BCUT2D eigenvalue weighted by molar-refractivity contribution is -0.115. The molecule has 0 saturated heterocycles. The Bertz CT molecular complexity index is 880. The van der Waals surface area contributed by atoms with Crippen molar-refractivity contribution in [3.05, 3.63) is 51.4 Å². The van der Waals surface area contributed by atoms with Crippen LogP contribution >= 0.6 is 23.4 Å². The molecule has 1 N–H and O–H groups in total. The molecule has 1 amide bonds. The smallest absolute Gasteiger partial charge is 0.237 e. The number of aromatic nitrogens is 1. The third-order valence-electron chi connectivity index (χ3n) is 3.92.